The summed E-state index contributed by atoms with van der Waals surface area (Å²) in [6.07, 6.45) is 1.09. The topological polar surface area (TPSA) is 51.1 Å². The molecule has 0 fully saturated rings. The van der Waals surface area contributed by atoms with Crippen LogP contribution in [0.1, 0.15) is 26.3 Å². The molecule has 0 spiro atoms. The first kappa shape index (κ1) is 23.5. The quantitative estimate of drug-likeness (QED) is 0.244. The summed E-state index contributed by atoms with van der Waals surface area (Å²) in [7, 11) is 1.38. The number of hydrogen-bond donors (Lipinski definition) is 0. The van der Waals surface area contributed by atoms with Gasteiger partial charge in [-0.3, -0.25) is 4.79 Å². The fourth-order valence-corrected chi connectivity index (χ4v) is 3.22. The number of rotatable bonds is 5. The Kier molecular flexibility index (Phi) is 6.45. The molecule has 1 aliphatic rings. The van der Waals surface area contributed by atoms with E-state index in [-0.39, 0.29) is 38.9 Å². The van der Waals surface area contributed by atoms with Crippen molar-refractivity contribution in [3.05, 3.63) is 57.4 Å². The molecule has 2 aromatic carbocycles. The van der Waals surface area contributed by atoms with Gasteiger partial charge in [-0.2, -0.15) is 10.1 Å². The van der Waals surface area contributed by atoms with E-state index < -0.39 is 40.7 Å². The van der Waals surface area contributed by atoms with Crippen LogP contribution >= 0.6 is 11.6 Å². The lowest BCUT2D eigenvalue weighted by molar-refractivity contribution is -0.114. The second kappa shape index (κ2) is 8.78. The first-order valence-electron chi connectivity index (χ1n) is 9.15. The van der Waals surface area contributed by atoms with E-state index >= 15 is 0 Å². The lowest BCUT2D eigenvalue weighted by Crippen LogP contribution is -2.25. The molecule has 1 aliphatic heterocycles. The smallest absolute Gasteiger partial charge is 0.280 e. The van der Waals surface area contributed by atoms with Gasteiger partial charge < -0.3 is 9.47 Å². The van der Waals surface area contributed by atoms with Crippen LogP contribution in [-0.4, -0.2) is 24.8 Å². The summed E-state index contributed by atoms with van der Waals surface area (Å²) >= 11 is 6.25. The number of ether oxygens (including phenoxy) is 2. The van der Waals surface area contributed by atoms with Gasteiger partial charge in [-0.1, -0.05) is 11.6 Å². The molecule has 11 heteroatoms. The molecule has 0 bridgehead atoms. The zero-order valence-corrected chi connectivity index (χ0v) is 18.0. The Morgan fingerprint density at radius 2 is 1.59 bits per heavy atom. The Labute approximate surface area is 184 Å². The molecular weight excluding hydrogens is 459 g/mol. The molecule has 1 amide bonds. The minimum atomic E-state index is -2.34. The molecule has 32 heavy (non-hydrogen) atoms. The molecule has 0 aromatic heterocycles. The number of amides is 1. The standard InChI is InChI=1S/C21H16ClF5N2O3/c1-8(2)32-20-12(22)6-10(7-13(20)31-4)5-11-9(3)28-29(21(11)30)19-17(26)15(24)14(23)16(25)18(19)27/h5-8H,1-4H3/b11-5-. The number of halogens is 6. The zero-order valence-electron chi connectivity index (χ0n) is 17.2. The van der Waals surface area contributed by atoms with Crippen LogP contribution in [0, 0.1) is 29.1 Å². The van der Waals surface area contributed by atoms with Gasteiger partial charge in [0.15, 0.2) is 34.8 Å². The average molecular weight is 475 g/mol. The van der Waals surface area contributed by atoms with Gasteiger partial charge in [-0.25, -0.2) is 22.0 Å². The fourth-order valence-electron chi connectivity index (χ4n) is 2.95. The highest BCUT2D eigenvalue weighted by Gasteiger charge is 2.37. The summed E-state index contributed by atoms with van der Waals surface area (Å²) in [6, 6.07) is 2.95. The maximum Gasteiger partial charge on any atom is 0.280 e. The van der Waals surface area contributed by atoms with Crippen LogP contribution < -0.4 is 14.5 Å². The van der Waals surface area contributed by atoms with E-state index in [1.807, 2.05) is 0 Å². The fraction of sp³-hybridized carbons (Fsp3) is 0.238. The SMILES string of the molecule is COc1cc(/C=C2\C(=O)N(c3c(F)c(F)c(F)c(F)c3F)N=C2C)cc(Cl)c1OC(C)C. The highest BCUT2D eigenvalue weighted by molar-refractivity contribution is 6.33. The Bertz CT molecular complexity index is 1150. The van der Waals surface area contributed by atoms with E-state index in [9.17, 15) is 26.7 Å². The van der Waals surface area contributed by atoms with E-state index in [0.29, 0.717) is 5.56 Å². The predicted molar refractivity (Wildman–Crippen MR) is 109 cm³/mol. The molecular formula is C21H16ClF5N2O3. The monoisotopic (exact) mass is 474 g/mol. The average Bonchev–Trinajstić information content (AvgIpc) is 3.00. The maximum absolute atomic E-state index is 14.2. The van der Waals surface area contributed by atoms with Crippen molar-refractivity contribution in [3.63, 3.8) is 0 Å². The first-order valence-corrected chi connectivity index (χ1v) is 9.53. The van der Waals surface area contributed by atoms with Crippen molar-refractivity contribution in [2.45, 2.75) is 26.9 Å². The first-order chi connectivity index (χ1) is 15.0. The van der Waals surface area contributed by atoms with Crippen molar-refractivity contribution in [2.75, 3.05) is 12.1 Å². The summed E-state index contributed by atoms with van der Waals surface area (Å²) < 4.78 is 79.7. The highest BCUT2D eigenvalue weighted by atomic mass is 35.5. The van der Waals surface area contributed by atoms with Gasteiger partial charge in [-0.05, 0) is 44.5 Å². The third-order valence-corrected chi connectivity index (χ3v) is 4.66. The molecule has 3 rings (SSSR count). The van der Waals surface area contributed by atoms with Crippen LogP contribution in [0.15, 0.2) is 22.8 Å². The van der Waals surface area contributed by atoms with Gasteiger partial charge in [0.25, 0.3) is 5.91 Å². The van der Waals surface area contributed by atoms with Gasteiger partial charge in [-0.15, -0.1) is 0 Å². The summed E-state index contributed by atoms with van der Waals surface area (Å²) in [4.78, 5) is 12.8. The van der Waals surface area contributed by atoms with Crippen molar-refractivity contribution in [1.29, 1.82) is 0 Å². The Balaban J connectivity index is 2.06. The van der Waals surface area contributed by atoms with Gasteiger partial charge in [0.1, 0.15) is 5.69 Å². The summed E-state index contributed by atoms with van der Waals surface area (Å²) in [5, 5.41) is 3.98. The summed E-state index contributed by atoms with van der Waals surface area (Å²) in [6.45, 7) is 4.91. The molecule has 0 aliphatic carbocycles. The summed E-state index contributed by atoms with van der Waals surface area (Å²) in [5.74, 6) is -11.6. The Hall–Kier alpha value is -3.14. The number of methoxy groups -OCH3 is 1. The molecule has 0 saturated heterocycles. The Morgan fingerprint density at radius 1 is 1.03 bits per heavy atom. The van der Waals surface area contributed by atoms with Crippen LogP contribution in [0.4, 0.5) is 27.6 Å². The highest BCUT2D eigenvalue weighted by Crippen LogP contribution is 2.39. The number of carbonyl (C=O) groups is 1. The number of hydrazone groups is 1. The number of hydrogen-bond acceptors (Lipinski definition) is 4. The van der Waals surface area contributed by atoms with E-state index in [2.05, 4.69) is 5.10 Å². The largest absolute Gasteiger partial charge is 0.493 e. The predicted octanol–water partition coefficient (Wildman–Crippen LogP) is 5.64. The molecule has 2 aromatic rings. The minimum absolute atomic E-state index is 0.0171. The van der Waals surface area contributed by atoms with Crippen LogP contribution in [0.5, 0.6) is 11.5 Å². The normalized spacial score (nSPS) is 15.1. The third-order valence-electron chi connectivity index (χ3n) is 4.38. The number of benzene rings is 2. The number of carbonyl (C=O) groups excluding carboxylic acids is 1. The van der Waals surface area contributed by atoms with E-state index in [4.69, 9.17) is 21.1 Å². The molecule has 5 nitrogen and oxygen atoms in total. The molecule has 0 unspecified atom stereocenters. The molecule has 1 heterocycles. The molecule has 0 atom stereocenters. The second-order valence-corrected chi connectivity index (χ2v) is 7.39. The summed E-state index contributed by atoms with van der Waals surface area (Å²) in [5.41, 5.74) is -1.29. The van der Waals surface area contributed by atoms with Crippen LogP contribution in [0.3, 0.4) is 0 Å². The number of nitrogens with zero attached hydrogens (tertiary/aromatic N) is 2. The maximum atomic E-state index is 14.2. The van der Waals surface area contributed by atoms with Crippen LogP contribution in [0.2, 0.25) is 5.02 Å². The second-order valence-electron chi connectivity index (χ2n) is 6.98. The third kappa shape index (κ3) is 4.02. The van der Waals surface area contributed by atoms with Crippen molar-refractivity contribution < 1.29 is 36.2 Å². The van der Waals surface area contributed by atoms with Crippen LogP contribution in [-0.2, 0) is 4.79 Å². The van der Waals surface area contributed by atoms with Crippen molar-refractivity contribution in [3.8, 4) is 11.5 Å². The van der Waals surface area contributed by atoms with Crippen molar-refractivity contribution in [1.82, 2.24) is 0 Å². The minimum Gasteiger partial charge on any atom is -0.493 e. The molecule has 0 N–H and O–H groups in total. The molecule has 0 radical (unpaired) electrons. The van der Waals surface area contributed by atoms with Gasteiger partial charge in [0, 0.05) is 0 Å². The van der Waals surface area contributed by atoms with Gasteiger partial charge in [0.05, 0.1) is 29.5 Å². The lowest BCUT2D eigenvalue weighted by atomic mass is 10.1. The van der Waals surface area contributed by atoms with Crippen molar-refractivity contribution in [2.24, 2.45) is 5.10 Å². The van der Waals surface area contributed by atoms with E-state index in [1.165, 1.54) is 32.2 Å². The lowest BCUT2D eigenvalue weighted by Gasteiger charge is -2.16. The number of anilines is 1. The van der Waals surface area contributed by atoms with E-state index in [1.54, 1.807) is 13.8 Å². The van der Waals surface area contributed by atoms with Gasteiger partial charge >= 0.3 is 0 Å². The molecule has 170 valence electrons. The van der Waals surface area contributed by atoms with E-state index in [0.717, 1.165) is 0 Å². The van der Waals surface area contributed by atoms with Crippen LogP contribution in [0.25, 0.3) is 6.08 Å². The molecule has 0 saturated carbocycles. The Morgan fingerprint density at radius 3 is 2.12 bits per heavy atom. The van der Waals surface area contributed by atoms with Gasteiger partial charge in [0.2, 0.25) is 5.82 Å². The zero-order chi connectivity index (χ0) is 23.9. The van der Waals surface area contributed by atoms with Crippen molar-refractivity contribution >= 4 is 35.0 Å².